The first-order chi connectivity index (χ1) is 17.0. The van der Waals surface area contributed by atoms with Crippen molar-refractivity contribution in [3.05, 3.63) is 81.6 Å². The van der Waals surface area contributed by atoms with Crippen LogP contribution in [0.25, 0.3) is 22.2 Å². The van der Waals surface area contributed by atoms with Gasteiger partial charge in [-0.25, -0.2) is 18.9 Å². The van der Waals surface area contributed by atoms with Gasteiger partial charge in [0.1, 0.15) is 35.2 Å². The Labute approximate surface area is 201 Å². The summed E-state index contributed by atoms with van der Waals surface area (Å²) in [5.41, 5.74) is 0.746. The van der Waals surface area contributed by atoms with Crippen molar-refractivity contribution in [2.45, 2.75) is 18.6 Å². The van der Waals surface area contributed by atoms with Gasteiger partial charge in [-0.3, -0.25) is 9.36 Å². The van der Waals surface area contributed by atoms with Crippen molar-refractivity contribution in [3.8, 4) is 11.8 Å². The molecule has 5 aromatic rings. The van der Waals surface area contributed by atoms with Crippen LogP contribution < -0.4 is 10.5 Å². The number of H-pyrrole nitrogens is 1. The number of β-amino-alcohol motifs (C(OH)–C–C–N with tert-alkyl or cyclic N) is 1. The number of nitriles is 1. The number of anilines is 1. The standard InChI is InChI=1S/C23H16ClFN8O2/c24-16-4-5-32-19(16)23(35)33(14-3-1-2-13(25)6-14)21(30-32)17-7-15(34)10-31(17)22-18-12(8-26)9-27-20(18)28-11-29-22/h1-6,9,11,15,17,34H,7,10H2,(H,27,28,29)/t15-,17-/m0/s1. The van der Waals surface area contributed by atoms with Crippen LogP contribution in [0.1, 0.15) is 23.9 Å². The Morgan fingerprint density at radius 1 is 1.29 bits per heavy atom. The lowest BCUT2D eigenvalue weighted by Gasteiger charge is -2.27. The summed E-state index contributed by atoms with van der Waals surface area (Å²) in [6.07, 6.45) is 3.92. The predicted octanol–water partition coefficient (Wildman–Crippen LogP) is 2.73. The predicted molar refractivity (Wildman–Crippen MR) is 125 cm³/mol. The minimum Gasteiger partial charge on any atom is -0.391 e. The third-order valence-electron chi connectivity index (χ3n) is 6.15. The first kappa shape index (κ1) is 21.3. The summed E-state index contributed by atoms with van der Waals surface area (Å²) >= 11 is 6.26. The summed E-state index contributed by atoms with van der Waals surface area (Å²) < 4.78 is 16.9. The normalized spacial score (nSPS) is 17.9. The van der Waals surface area contributed by atoms with Gasteiger partial charge in [0.2, 0.25) is 0 Å². The SMILES string of the molecule is N#Cc1c[nH]c2ncnc(N3C[C@@H](O)C[C@H]3c3nn4ccc(Cl)c4c(=O)n3-c3cccc(F)c3)c12. The minimum atomic E-state index is -0.767. The van der Waals surface area contributed by atoms with Gasteiger partial charge in [-0.15, -0.1) is 0 Å². The van der Waals surface area contributed by atoms with E-state index in [1.54, 1.807) is 29.4 Å². The minimum absolute atomic E-state index is 0.145. The zero-order valence-electron chi connectivity index (χ0n) is 17.9. The van der Waals surface area contributed by atoms with E-state index in [-0.39, 0.29) is 35.0 Å². The summed E-state index contributed by atoms with van der Waals surface area (Å²) in [7, 11) is 0. The van der Waals surface area contributed by atoms with E-state index >= 15 is 0 Å². The highest BCUT2D eigenvalue weighted by Gasteiger charge is 2.38. The topological polar surface area (TPSA) is 128 Å². The molecule has 1 aliphatic rings. The Morgan fingerprint density at radius 3 is 2.94 bits per heavy atom. The summed E-state index contributed by atoms with van der Waals surface area (Å²) in [6.45, 7) is 0.177. The number of halogens is 2. The van der Waals surface area contributed by atoms with Gasteiger partial charge in [-0.2, -0.15) is 10.4 Å². The van der Waals surface area contributed by atoms with Gasteiger partial charge in [0.05, 0.1) is 33.8 Å². The smallest absolute Gasteiger partial charge is 0.284 e. The quantitative estimate of drug-likeness (QED) is 0.398. The zero-order chi connectivity index (χ0) is 24.3. The third-order valence-corrected chi connectivity index (χ3v) is 6.45. The van der Waals surface area contributed by atoms with E-state index in [0.29, 0.717) is 22.4 Å². The van der Waals surface area contributed by atoms with Crippen molar-refractivity contribution in [3.63, 3.8) is 0 Å². The largest absolute Gasteiger partial charge is 0.391 e. The molecular weight excluding hydrogens is 475 g/mol. The van der Waals surface area contributed by atoms with Gasteiger partial charge in [0.15, 0.2) is 5.82 Å². The van der Waals surface area contributed by atoms with Crippen LogP contribution in [-0.2, 0) is 0 Å². The van der Waals surface area contributed by atoms with E-state index in [9.17, 15) is 19.6 Å². The van der Waals surface area contributed by atoms with Crippen molar-refractivity contribution < 1.29 is 9.50 Å². The molecule has 2 N–H and O–H groups in total. The van der Waals surface area contributed by atoms with E-state index in [0.717, 1.165) is 0 Å². The van der Waals surface area contributed by atoms with Crippen molar-refractivity contribution in [1.29, 1.82) is 5.26 Å². The molecule has 1 aliphatic heterocycles. The lowest BCUT2D eigenvalue weighted by atomic mass is 10.1. The first-order valence-electron chi connectivity index (χ1n) is 10.7. The average molecular weight is 491 g/mol. The average Bonchev–Trinajstić information content (AvgIpc) is 3.55. The molecular formula is C23H16ClFN8O2. The van der Waals surface area contributed by atoms with Gasteiger partial charge in [0, 0.05) is 25.4 Å². The van der Waals surface area contributed by atoms with E-state index in [4.69, 9.17) is 11.6 Å². The highest BCUT2D eigenvalue weighted by atomic mass is 35.5. The number of aliphatic hydroxyl groups is 1. The third kappa shape index (κ3) is 3.26. The van der Waals surface area contributed by atoms with Crippen LogP contribution in [0.3, 0.4) is 0 Å². The van der Waals surface area contributed by atoms with Crippen molar-refractivity contribution >= 4 is 34.0 Å². The molecule has 0 saturated carbocycles. The van der Waals surface area contributed by atoms with Crippen LogP contribution in [0, 0.1) is 17.1 Å². The van der Waals surface area contributed by atoms with E-state index in [1.807, 2.05) is 0 Å². The van der Waals surface area contributed by atoms with Crippen LogP contribution in [0.15, 0.2) is 53.8 Å². The molecule has 1 fully saturated rings. The van der Waals surface area contributed by atoms with Crippen LogP contribution >= 0.6 is 11.6 Å². The van der Waals surface area contributed by atoms with Gasteiger partial charge in [-0.05, 0) is 24.3 Å². The number of fused-ring (bicyclic) bond motifs is 2. The molecule has 174 valence electrons. The summed E-state index contributed by atoms with van der Waals surface area (Å²) in [5.74, 6) is 0.159. The number of rotatable bonds is 3. The van der Waals surface area contributed by atoms with Crippen LogP contribution in [0.4, 0.5) is 10.2 Å². The molecule has 1 aromatic carbocycles. The molecule has 0 radical (unpaired) electrons. The number of benzene rings is 1. The molecule has 2 atom stereocenters. The first-order valence-corrected chi connectivity index (χ1v) is 11.1. The second-order valence-corrected chi connectivity index (χ2v) is 8.64. The fourth-order valence-electron chi connectivity index (χ4n) is 4.67. The van der Waals surface area contributed by atoms with Gasteiger partial charge in [-0.1, -0.05) is 17.7 Å². The lowest BCUT2D eigenvalue weighted by Crippen LogP contribution is -2.33. The van der Waals surface area contributed by atoms with Crippen LogP contribution in [-0.4, -0.2) is 46.9 Å². The maximum atomic E-state index is 14.2. The van der Waals surface area contributed by atoms with Crippen molar-refractivity contribution in [2.75, 3.05) is 11.4 Å². The lowest BCUT2D eigenvalue weighted by molar-refractivity contribution is 0.193. The molecule has 0 spiro atoms. The van der Waals surface area contributed by atoms with Crippen LogP contribution in [0.2, 0.25) is 5.02 Å². The molecule has 12 heteroatoms. The molecule has 1 saturated heterocycles. The van der Waals surface area contributed by atoms with Crippen LogP contribution in [0.5, 0.6) is 0 Å². The fourth-order valence-corrected chi connectivity index (χ4v) is 4.90. The molecule has 5 heterocycles. The molecule has 4 aromatic heterocycles. The summed E-state index contributed by atoms with van der Waals surface area (Å²) in [5, 5.41) is 25.7. The van der Waals surface area contributed by atoms with Gasteiger partial charge in [0.25, 0.3) is 5.56 Å². The number of aliphatic hydroxyl groups excluding tert-OH is 1. The number of aromatic amines is 1. The number of hydrogen-bond donors (Lipinski definition) is 2. The van der Waals surface area contributed by atoms with E-state index < -0.39 is 23.5 Å². The maximum absolute atomic E-state index is 14.2. The molecule has 10 nitrogen and oxygen atoms in total. The fraction of sp³-hybridized carbons (Fsp3) is 0.174. The van der Waals surface area contributed by atoms with Crippen molar-refractivity contribution in [1.82, 2.24) is 29.1 Å². The van der Waals surface area contributed by atoms with Crippen molar-refractivity contribution in [2.24, 2.45) is 0 Å². The summed E-state index contributed by atoms with van der Waals surface area (Å²) in [6, 6.07) is 8.66. The molecule has 0 bridgehead atoms. The molecule has 0 amide bonds. The Hall–Kier alpha value is -4.27. The molecule has 0 unspecified atom stereocenters. The number of hydrogen-bond acceptors (Lipinski definition) is 7. The van der Waals surface area contributed by atoms with E-state index in [1.165, 1.54) is 33.6 Å². The zero-order valence-corrected chi connectivity index (χ0v) is 18.7. The number of nitrogens with zero attached hydrogens (tertiary/aromatic N) is 7. The van der Waals surface area contributed by atoms with Gasteiger partial charge >= 0.3 is 0 Å². The second kappa shape index (κ2) is 7.90. The number of nitrogens with one attached hydrogen (secondary N) is 1. The second-order valence-electron chi connectivity index (χ2n) is 8.23. The Kier molecular flexibility index (Phi) is 4.80. The Morgan fingerprint density at radius 2 is 2.14 bits per heavy atom. The Balaban J connectivity index is 1.63. The molecule has 35 heavy (non-hydrogen) atoms. The summed E-state index contributed by atoms with van der Waals surface area (Å²) in [4.78, 5) is 27.0. The highest BCUT2D eigenvalue weighted by molar-refractivity contribution is 6.33. The molecule has 6 rings (SSSR count). The maximum Gasteiger partial charge on any atom is 0.284 e. The molecule has 0 aliphatic carbocycles. The number of aromatic nitrogens is 6. The highest BCUT2D eigenvalue weighted by Crippen LogP contribution is 2.38. The monoisotopic (exact) mass is 490 g/mol. The van der Waals surface area contributed by atoms with Gasteiger partial charge < -0.3 is 15.0 Å². The Bertz CT molecular complexity index is 1720. The van der Waals surface area contributed by atoms with E-state index in [2.05, 4.69) is 26.1 Å².